The molecule has 13 heterocycles. The van der Waals surface area contributed by atoms with Gasteiger partial charge >= 0.3 is 71.3 Å². The van der Waals surface area contributed by atoms with Crippen LogP contribution in [0.3, 0.4) is 0 Å². The van der Waals surface area contributed by atoms with E-state index in [-0.39, 0.29) is 141 Å². The van der Waals surface area contributed by atoms with Crippen LogP contribution in [0.15, 0.2) is 233 Å². The molecule has 1 aliphatic rings. The Kier molecular flexibility index (Phi) is 25.1. The summed E-state index contributed by atoms with van der Waals surface area (Å²) in [6.07, 6.45) is -19.2. The molecule has 0 spiro atoms. The van der Waals surface area contributed by atoms with Gasteiger partial charge in [0, 0.05) is 113 Å². The van der Waals surface area contributed by atoms with E-state index in [2.05, 4.69) is 19.9 Å². The van der Waals surface area contributed by atoms with Crippen LogP contribution in [0.25, 0.3) is 110 Å². The molecule has 0 atom stereocenters. The number of thiophene rings is 4. The van der Waals surface area contributed by atoms with Gasteiger partial charge in [-0.1, -0.05) is 35.9 Å². The van der Waals surface area contributed by atoms with Crippen LogP contribution >= 0.6 is 56.9 Å². The third kappa shape index (κ3) is 18.1. The Bertz CT molecular complexity index is 9490. The Balaban J connectivity index is 0.000000128. The highest BCUT2D eigenvalue weighted by atomic mass is 35.5. The largest absolute Gasteiger partial charge is 0.477 e. The molecule has 0 saturated carbocycles. The number of carboxylic acids is 4. The molecule has 20 aromatic rings. The number of H-pyrrole nitrogens is 4. The Morgan fingerprint density at radius 2 is 0.692 bits per heavy atom. The predicted octanol–water partition coefficient (Wildman–Crippen LogP) is 18.5. The molecule has 1 aliphatic heterocycles. The van der Waals surface area contributed by atoms with E-state index in [0.29, 0.717) is 65.7 Å². The second kappa shape index (κ2) is 37.2. The first-order valence-corrected chi connectivity index (χ1v) is 45.4. The van der Waals surface area contributed by atoms with Gasteiger partial charge in [-0.25, -0.2) is 69.8 Å². The number of aromatic nitrogens is 12. The summed E-state index contributed by atoms with van der Waals surface area (Å²) in [4.78, 5) is 175. The van der Waals surface area contributed by atoms with Crippen molar-refractivity contribution >= 4 is 174 Å². The van der Waals surface area contributed by atoms with Crippen LogP contribution < -0.4 is 54.5 Å². The van der Waals surface area contributed by atoms with Crippen LogP contribution in [0.2, 0.25) is 5.02 Å². The van der Waals surface area contributed by atoms with Gasteiger partial charge in [0.05, 0.1) is 122 Å². The molecular weight excluding hydrogens is 2070 g/mol. The number of hydrogen-bond acceptors (Lipinski definition) is 20. The van der Waals surface area contributed by atoms with Crippen molar-refractivity contribution in [3.8, 4) is 34.2 Å². The third-order valence-corrected chi connectivity index (χ3v) is 26.4. The number of carboxylic acid groups (broad SMARTS) is 4. The minimum Gasteiger partial charge on any atom is -0.477 e. The molecule has 0 bridgehead atoms. The number of nitro benzene ring substituents is 1. The summed E-state index contributed by atoms with van der Waals surface area (Å²) in [5.41, 5.74) is -15.4. The van der Waals surface area contributed by atoms with Crippen molar-refractivity contribution in [2.24, 2.45) is 0 Å². The number of aromatic carboxylic acids is 4. The quantitative estimate of drug-likeness (QED) is 0.0238. The number of aromatic amines is 4. The molecule has 0 amide bonds. The fourth-order valence-electron chi connectivity index (χ4n) is 16.9. The number of nitrogens with zero attached hydrogens (tertiary/aromatic N) is 9. The number of ether oxygens (including phenoxy) is 2. The first-order chi connectivity index (χ1) is 69.0. The lowest BCUT2D eigenvalue weighted by atomic mass is 10.1. The molecule has 0 unspecified atom stereocenters. The van der Waals surface area contributed by atoms with Crippen LogP contribution in [-0.4, -0.2) is 112 Å². The van der Waals surface area contributed by atoms with Crippen LogP contribution in [0.4, 0.5) is 71.5 Å². The summed E-state index contributed by atoms with van der Waals surface area (Å²) in [5.74, 6) is -8.14. The van der Waals surface area contributed by atoms with Gasteiger partial charge in [0.25, 0.3) is 27.9 Å². The van der Waals surface area contributed by atoms with Gasteiger partial charge in [-0.3, -0.25) is 29.3 Å². The number of halogens is 16. The van der Waals surface area contributed by atoms with E-state index >= 15 is 0 Å². The minimum atomic E-state index is -4.82. The maximum Gasteiger partial charge on any atom is 0.416 e. The number of hydrogen-bond donors (Lipinski definition) is 8. The van der Waals surface area contributed by atoms with E-state index in [9.17, 15) is 154 Å². The average Bonchev–Trinajstić information content (AvgIpc) is 1.58. The third-order valence-electron chi connectivity index (χ3n) is 23.2. The van der Waals surface area contributed by atoms with Crippen LogP contribution in [0, 0.1) is 27.6 Å². The van der Waals surface area contributed by atoms with E-state index in [0.717, 1.165) is 132 Å². The number of non-ortho nitro benzene ring substituents is 1. The summed E-state index contributed by atoms with van der Waals surface area (Å²) < 4.78 is 222. The number of nitrogens with one attached hydrogen (secondary N) is 4. The monoisotopic (exact) mass is 2120 g/mol. The fourth-order valence-corrected chi connectivity index (χ4v) is 20.2. The SMILES string of the molecule is O=C(O)c1c(-n2c(=O)[nH]c3cscc3c2=O)c2cc(C(F)(F)F)ccc2n1Cc1cc(F)cc(Cl)c1.O=C(O)c1c(-n2c(=O)[nH]c3cscc3c2=O)c2cc(C(F)(F)F)ccc2n1Cc1ccc(F)cc1F.O=C(O)c1c(-n2c(=O)[nH]c3cscc3c2=O)c2cc(C(F)(F)F)ccc2n1Cc1ccc2c(c1)OCO2.O=C(O)c1c(-n2c(=O)[nH]c3cscc3c2=O)c2cc(C(F)(F)F)ccc2n1Cc1cccc([N+](=O)[O-])c1. The fraction of sp³-hybridized carbons (Fsp3) is 0.0968. The highest BCUT2D eigenvalue weighted by Gasteiger charge is 2.40. The molecule has 0 radical (unpaired) electrons. The molecule has 12 aromatic heterocycles. The van der Waals surface area contributed by atoms with E-state index in [1.54, 1.807) is 18.2 Å². The summed E-state index contributed by atoms with van der Waals surface area (Å²) >= 11 is 10.3. The summed E-state index contributed by atoms with van der Waals surface area (Å²) in [5, 5.41) is 62.5. The van der Waals surface area contributed by atoms with Gasteiger partial charge in [0.1, 0.15) is 17.5 Å². The van der Waals surface area contributed by atoms with Crippen molar-refractivity contribution in [3.63, 3.8) is 0 Å². The Morgan fingerprint density at radius 3 is 1.01 bits per heavy atom. The highest BCUT2D eigenvalue weighted by molar-refractivity contribution is 7.10. The van der Waals surface area contributed by atoms with Crippen LogP contribution in [0.5, 0.6) is 11.5 Å². The Morgan fingerprint density at radius 1 is 0.363 bits per heavy atom. The number of benzene rings is 8. The standard InChI is InChI=1S/C24H14F3N3O6S.C23H12ClF4N3O4S.C23H12F5N3O4S.C23H13F3N4O6S/c25-24(26,27)12-2-3-16-13(6-12)19(30-21(31)14-8-37-9-15(14)28-23(30)34)20(22(32)33)29(16)7-11-1-4-17-18(5-11)36-10-35-17;24-12-3-10(4-13(25)6-12)7-30-17-2-1-11(23(26,27)28)5-14(17)18(19(30)21(33)34)31-20(32)15-8-36-9-16(15)29-22(31)35;24-12-3-1-10(15(25)6-12)7-30-17-4-2-11(23(26,27)28)5-13(17)18(19(30)21(33)34)31-20(32)14-8-36-9-16(14)29-22(31)35;24-23(25,26)12-4-5-17-14(7-12)18(29-20(31)15-9-37-10-16(15)27-22(29)34)19(21(32)33)28(17)8-11-2-1-3-13(6-11)30(35)36/h1-6,8-9H,7,10H2,(H,28,34)(H,32,33);2*1-6,8-9H,7H2,(H,29,35)(H,33,34);1-7,9-10H,8H2,(H,27,34)(H,32,33). The summed E-state index contributed by atoms with van der Waals surface area (Å²) in [6.45, 7) is -1.25. The molecule has 53 heteroatoms. The smallest absolute Gasteiger partial charge is 0.416 e. The van der Waals surface area contributed by atoms with Gasteiger partial charge in [0.15, 0.2) is 34.3 Å². The van der Waals surface area contributed by atoms with Crippen molar-refractivity contribution in [2.75, 3.05) is 6.79 Å². The number of nitro groups is 1. The second-order valence-electron chi connectivity index (χ2n) is 32.0. The van der Waals surface area contributed by atoms with E-state index in [4.69, 9.17) is 21.1 Å². The zero-order chi connectivity index (χ0) is 105. The maximum absolute atomic E-state index is 14.4. The lowest BCUT2D eigenvalue weighted by molar-refractivity contribution is -0.384. The van der Waals surface area contributed by atoms with E-state index < -0.39 is 190 Å². The number of fused-ring (bicyclic) bond motifs is 9. The predicted molar refractivity (Wildman–Crippen MR) is 502 cm³/mol. The molecular formula is C93H51ClF15N13O20S4. The molecule has 146 heavy (non-hydrogen) atoms. The molecule has 0 aliphatic carbocycles. The van der Waals surface area contributed by atoms with Gasteiger partial charge in [0.2, 0.25) is 6.79 Å². The second-order valence-corrected chi connectivity index (χ2v) is 35.4. The van der Waals surface area contributed by atoms with Crippen molar-refractivity contribution in [3.05, 3.63) is 378 Å². The molecule has 0 saturated heterocycles. The molecule has 0 fully saturated rings. The van der Waals surface area contributed by atoms with E-state index in [1.165, 1.54) is 77.9 Å². The van der Waals surface area contributed by atoms with Crippen LogP contribution in [-0.2, 0) is 50.9 Å². The summed E-state index contributed by atoms with van der Waals surface area (Å²) in [7, 11) is 0. The van der Waals surface area contributed by atoms with Gasteiger partial charge in [-0.2, -0.15) is 52.7 Å². The lowest BCUT2D eigenvalue weighted by Gasteiger charge is -2.11. The average molecular weight is 2120 g/mol. The summed E-state index contributed by atoms with van der Waals surface area (Å²) in [6, 6.07) is 26.2. The lowest BCUT2D eigenvalue weighted by Crippen LogP contribution is -2.34. The Labute approximate surface area is 815 Å². The maximum atomic E-state index is 14.4. The van der Waals surface area contributed by atoms with Crippen molar-refractivity contribution in [2.45, 2.75) is 50.9 Å². The van der Waals surface area contributed by atoms with Gasteiger partial charge < -0.3 is 68.1 Å². The normalized spacial score (nSPS) is 12.2. The molecule has 744 valence electrons. The van der Waals surface area contributed by atoms with Crippen molar-refractivity contribution in [1.82, 2.24) is 56.5 Å². The van der Waals surface area contributed by atoms with E-state index in [1.807, 2.05) is 0 Å². The zero-order valence-electron chi connectivity index (χ0n) is 72.1. The highest BCUT2D eigenvalue weighted by Crippen LogP contribution is 2.44. The van der Waals surface area contributed by atoms with Crippen molar-refractivity contribution in [1.29, 1.82) is 0 Å². The number of alkyl halides is 12. The van der Waals surface area contributed by atoms with Gasteiger partial charge in [-0.05, 0) is 126 Å². The van der Waals surface area contributed by atoms with Crippen LogP contribution in [0.1, 0.15) is 86.5 Å². The number of carbonyl (C=O) groups is 4. The molecule has 21 rings (SSSR count). The Hall–Kier alpha value is -17.4. The van der Waals surface area contributed by atoms with Gasteiger partial charge in [-0.15, -0.1) is 45.3 Å². The minimum absolute atomic E-state index is 0.0206. The number of rotatable bonds is 17. The molecule has 8 aromatic carbocycles. The molecule has 33 nitrogen and oxygen atoms in total. The van der Waals surface area contributed by atoms with Crippen molar-refractivity contribution < 1.29 is 120 Å². The molecule has 8 N–H and O–H groups in total. The zero-order valence-corrected chi connectivity index (χ0v) is 76.1. The topological polar surface area (TPSA) is 450 Å². The first kappa shape index (κ1) is 98.8. The first-order valence-electron chi connectivity index (χ1n) is 41.3.